The van der Waals surface area contributed by atoms with Crippen molar-refractivity contribution in [2.75, 3.05) is 73.2 Å². The van der Waals surface area contributed by atoms with Gasteiger partial charge in [0.15, 0.2) is 0 Å². The second kappa shape index (κ2) is 14.1. The highest BCUT2D eigenvalue weighted by Crippen LogP contribution is 2.36. The molecule has 0 saturated carbocycles. The van der Waals surface area contributed by atoms with E-state index in [1.165, 1.54) is 24.2 Å². The van der Waals surface area contributed by atoms with E-state index in [1.54, 1.807) is 39.3 Å². The number of hydrogen-bond acceptors (Lipinski definition) is 8. The van der Waals surface area contributed by atoms with Crippen molar-refractivity contribution >= 4 is 15.9 Å². The smallest absolute Gasteiger partial charge is 0.248 e. The number of piperidine rings is 1. The van der Waals surface area contributed by atoms with Crippen molar-refractivity contribution in [1.82, 2.24) is 19.1 Å². The maximum atomic E-state index is 13.2. The van der Waals surface area contributed by atoms with Crippen molar-refractivity contribution < 1.29 is 27.4 Å². The highest BCUT2D eigenvalue weighted by Gasteiger charge is 2.39. The molecule has 1 aromatic heterocycles. The normalized spacial score (nSPS) is 17.7. The Bertz CT molecular complexity index is 1240. The van der Waals surface area contributed by atoms with Crippen molar-refractivity contribution in [2.24, 2.45) is 0 Å². The van der Waals surface area contributed by atoms with Crippen molar-refractivity contribution in [3.05, 3.63) is 53.3 Å². The average Bonchev–Trinajstić information content (AvgIpc) is 3.49. The molecule has 2 fully saturated rings. The number of aryl methyl sites for hydroxylation is 2. The Labute approximate surface area is 244 Å². The molecule has 0 unspecified atom stereocenters. The molecule has 2 aromatic rings. The third kappa shape index (κ3) is 7.64. The van der Waals surface area contributed by atoms with Gasteiger partial charge in [-0.15, -0.1) is 0 Å². The van der Waals surface area contributed by atoms with Crippen LogP contribution in [0.5, 0.6) is 5.75 Å². The summed E-state index contributed by atoms with van der Waals surface area (Å²) >= 11 is 0. The van der Waals surface area contributed by atoms with E-state index >= 15 is 0 Å². The molecule has 0 atom stereocenters. The molecule has 1 aromatic carbocycles. The summed E-state index contributed by atoms with van der Waals surface area (Å²) < 4.78 is 45.1. The van der Waals surface area contributed by atoms with Gasteiger partial charge >= 0.3 is 0 Å². The zero-order valence-electron chi connectivity index (χ0n) is 24.8. The van der Waals surface area contributed by atoms with Crippen LogP contribution in [0.15, 0.2) is 41.6 Å². The lowest BCUT2D eigenvalue weighted by atomic mass is 9.85. The van der Waals surface area contributed by atoms with Crippen molar-refractivity contribution in [3.63, 3.8) is 0 Å². The maximum Gasteiger partial charge on any atom is 0.248 e. The Balaban J connectivity index is 1.26. The lowest BCUT2D eigenvalue weighted by Crippen LogP contribution is -2.48. The zero-order chi connectivity index (χ0) is 29.5. The Kier molecular flexibility index (Phi) is 10.8. The van der Waals surface area contributed by atoms with E-state index in [0.717, 1.165) is 25.2 Å². The van der Waals surface area contributed by atoms with Crippen molar-refractivity contribution in [1.29, 1.82) is 0 Å². The molecule has 2 saturated heterocycles. The largest absolute Gasteiger partial charge is 0.497 e. The minimum Gasteiger partial charge on any atom is -0.497 e. The number of aromatic nitrogens is 1. The summed E-state index contributed by atoms with van der Waals surface area (Å²) in [5.74, 6) is 0.515. The van der Waals surface area contributed by atoms with Crippen LogP contribution in [0.2, 0.25) is 0 Å². The van der Waals surface area contributed by atoms with Gasteiger partial charge in [0.2, 0.25) is 15.9 Å². The number of rotatable bonds is 13. The molecule has 2 aliphatic rings. The fourth-order valence-electron chi connectivity index (χ4n) is 5.80. The summed E-state index contributed by atoms with van der Waals surface area (Å²) in [6, 6.07) is 7.41. The molecule has 10 nitrogen and oxygen atoms in total. The molecule has 0 aliphatic carbocycles. The van der Waals surface area contributed by atoms with Gasteiger partial charge in [-0.05, 0) is 81.9 Å². The third-order valence-corrected chi connectivity index (χ3v) is 10.4. The number of pyridine rings is 1. The average molecular weight is 589 g/mol. The van der Waals surface area contributed by atoms with E-state index in [-0.39, 0.29) is 30.6 Å². The number of likely N-dealkylation sites (N-methyl/N-ethyl adjacent to an activating group) is 1. The number of carbonyl (C=O) groups is 1. The van der Waals surface area contributed by atoms with Gasteiger partial charge in [-0.25, -0.2) is 8.42 Å². The van der Waals surface area contributed by atoms with Gasteiger partial charge in [0, 0.05) is 51.2 Å². The summed E-state index contributed by atoms with van der Waals surface area (Å²) in [6.07, 6.45) is 7.51. The van der Waals surface area contributed by atoms with Crippen LogP contribution >= 0.6 is 0 Å². The molecule has 0 N–H and O–H groups in total. The Morgan fingerprint density at radius 3 is 2.37 bits per heavy atom. The summed E-state index contributed by atoms with van der Waals surface area (Å²) in [7, 11) is -0.641. The molecule has 1 amide bonds. The fourth-order valence-corrected chi connectivity index (χ4v) is 7.36. The molecule has 226 valence electrons. The van der Waals surface area contributed by atoms with Crippen LogP contribution in [-0.2, 0) is 29.9 Å². The molecule has 2 aliphatic heterocycles. The van der Waals surface area contributed by atoms with Crippen LogP contribution in [0.25, 0.3) is 0 Å². The molecular weight excluding hydrogens is 544 g/mol. The summed E-state index contributed by atoms with van der Waals surface area (Å²) in [4.78, 5) is 21.8. The maximum absolute atomic E-state index is 13.2. The molecule has 0 bridgehead atoms. The van der Waals surface area contributed by atoms with Gasteiger partial charge in [-0.2, -0.15) is 4.31 Å². The quantitative estimate of drug-likeness (QED) is 0.329. The number of likely N-dealkylation sites (tertiary alicyclic amines) is 2. The minimum atomic E-state index is -3.72. The van der Waals surface area contributed by atoms with Gasteiger partial charge < -0.3 is 24.0 Å². The van der Waals surface area contributed by atoms with Crippen molar-refractivity contribution in [3.8, 4) is 5.75 Å². The first kappa shape index (κ1) is 31.4. The van der Waals surface area contributed by atoms with E-state index < -0.39 is 15.6 Å². The van der Waals surface area contributed by atoms with Gasteiger partial charge in [0.05, 0.1) is 30.8 Å². The Morgan fingerprint density at radius 1 is 1.07 bits per heavy atom. The number of sulfonamides is 1. The molecule has 41 heavy (non-hydrogen) atoms. The molecule has 0 spiro atoms. The number of hydrogen-bond donors (Lipinski definition) is 0. The first-order valence-corrected chi connectivity index (χ1v) is 15.8. The number of methoxy groups -OCH3 is 1. The van der Waals surface area contributed by atoms with Gasteiger partial charge in [-0.3, -0.25) is 9.78 Å². The van der Waals surface area contributed by atoms with E-state index in [4.69, 9.17) is 14.2 Å². The van der Waals surface area contributed by atoms with Gasteiger partial charge in [0.25, 0.3) is 0 Å². The van der Waals surface area contributed by atoms with Crippen molar-refractivity contribution in [2.45, 2.75) is 50.0 Å². The highest BCUT2D eigenvalue weighted by atomic mass is 32.2. The highest BCUT2D eigenvalue weighted by molar-refractivity contribution is 7.89. The molecule has 4 rings (SSSR count). The van der Waals surface area contributed by atoms with Crippen LogP contribution in [0, 0.1) is 13.8 Å². The summed E-state index contributed by atoms with van der Waals surface area (Å²) in [5, 5.41) is 0. The first-order chi connectivity index (χ1) is 19.7. The predicted octanol–water partition coefficient (Wildman–Crippen LogP) is 2.97. The first-order valence-electron chi connectivity index (χ1n) is 14.4. The summed E-state index contributed by atoms with van der Waals surface area (Å²) in [5.41, 5.74) is 1.84. The minimum absolute atomic E-state index is 0.0931. The predicted molar refractivity (Wildman–Crippen MR) is 156 cm³/mol. The third-order valence-electron chi connectivity index (χ3n) is 8.21. The Hall–Kier alpha value is -2.57. The van der Waals surface area contributed by atoms with Gasteiger partial charge in [-0.1, -0.05) is 6.07 Å². The van der Waals surface area contributed by atoms with Crippen LogP contribution in [0.1, 0.15) is 42.4 Å². The monoisotopic (exact) mass is 588 g/mol. The lowest BCUT2D eigenvalue weighted by molar-refractivity contribution is -0.144. The molecular formula is C30H44N4O6S. The molecule has 0 radical (unpaired) electrons. The molecule has 11 heteroatoms. The van der Waals surface area contributed by atoms with E-state index in [0.29, 0.717) is 49.4 Å². The van der Waals surface area contributed by atoms with Gasteiger partial charge in [0.1, 0.15) is 12.4 Å². The van der Waals surface area contributed by atoms with Crippen LogP contribution in [0.4, 0.5) is 0 Å². The second-order valence-corrected chi connectivity index (χ2v) is 13.0. The van der Waals surface area contributed by atoms with E-state index in [1.807, 2.05) is 17.2 Å². The molecule has 3 heterocycles. The zero-order valence-corrected chi connectivity index (χ0v) is 25.6. The number of benzene rings is 1. The summed E-state index contributed by atoms with van der Waals surface area (Å²) in [6.45, 7) is 8.62. The standard InChI is InChI=1S/C30H44N4O6S/c1-24-20-27(38-4)21-25(2)29(24)41(36,37)32(3)16-18-39-23-28(35)34-14-9-30(10-15-34,26-8-7-11-31-22-26)40-19-17-33-12-5-6-13-33/h7-8,11,20-22H,5-6,9-10,12-19,23H2,1-4H3. The number of carbonyl (C=O) groups excluding carboxylic acids is 1. The van der Waals surface area contributed by atoms with Crippen LogP contribution in [-0.4, -0.2) is 107 Å². The van der Waals surface area contributed by atoms with Crippen LogP contribution in [0.3, 0.4) is 0 Å². The number of amides is 1. The second-order valence-electron chi connectivity index (χ2n) is 11.0. The van der Waals surface area contributed by atoms with E-state index in [9.17, 15) is 13.2 Å². The fraction of sp³-hybridized carbons (Fsp3) is 0.600. The number of nitrogens with zero attached hydrogens (tertiary/aromatic N) is 4. The topological polar surface area (TPSA) is 102 Å². The Morgan fingerprint density at radius 2 is 1.76 bits per heavy atom. The number of ether oxygens (including phenoxy) is 3. The van der Waals surface area contributed by atoms with Crippen LogP contribution < -0.4 is 4.74 Å². The SMILES string of the molecule is COc1cc(C)c(S(=O)(=O)N(C)CCOCC(=O)N2CCC(OCCN3CCCC3)(c3cccnc3)CC2)c(C)c1. The van der Waals surface area contributed by atoms with E-state index in [2.05, 4.69) is 16.0 Å². The lowest BCUT2D eigenvalue weighted by Gasteiger charge is -2.42.